The number of nitrogen functional groups attached to an aromatic ring is 1. The van der Waals surface area contributed by atoms with Gasteiger partial charge in [0, 0.05) is 16.0 Å². The minimum atomic E-state index is -0.281. The maximum absolute atomic E-state index is 12.7. The van der Waals surface area contributed by atoms with E-state index < -0.39 is 0 Å². The highest BCUT2D eigenvalue weighted by atomic mass is 79.9. The number of aliphatic hydroxyl groups is 1. The number of hydrogen-bond donors (Lipinski definition) is 2. The van der Waals surface area contributed by atoms with E-state index in [1.54, 1.807) is 42.5 Å². The second-order valence-electron chi connectivity index (χ2n) is 4.36. The summed E-state index contributed by atoms with van der Waals surface area (Å²) < 4.78 is 0.634. The zero-order valence-electron chi connectivity index (χ0n) is 11.1. The number of para-hydroxylation sites is 2. The summed E-state index contributed by atoms with van der Waals surface area (Å²) in [7, 11) is 0. The Hall–Kier alpha value is -1.56. The molecule has 2 aromatic rings. The van der Waals surface area contributed by atoms with Crippen molar-refractivity contribution in [2.24, 2.45) is 0 Å². The summed E-state index contributed by atoms with van der Waals surface area (Å²) in [6.07, 6.45) is 0. The summed E-state index contributed by atoms with van der Waals surface area (Å²) in [5, 5.41) is 9.70. The lowest BCUT2D eigenvalue weighted by molar-refractivity contribution is 0.0980. The van der Waals surface area contributed by atoms with E-state index in [0.717, 1.165) is 0 Å². The fourth-order valence-corrected chi connectivity index (χ4v) is 2.56. The molecule has 2 aromatic carbocycles. The number of aliphatic hydroxyl groups excluding tert-OH is 1. The molecule has 6 heteroatoms. The number of rotatable bonds is 4. The first kappa shape index (κ1) is 15.8. The molecule has 0 aliphatic heterocycles. The van der Waals surface area contributed by atoms with Gasteiger partial charge in [0.25, 0.3) is 5.91 Å². The summed E-state index contributed by atoms with van der Waals surface area (Å²) in [4.78, 5) is 14.2. The molecule has 0 atom stereocenters. The molecule has 0 saturated heterocycles. The van der Waals surface area contributed by atoms with Crippen molar-refractivity contribution in [1.29, 1.82) is 0 Å². The third-order valence-corrected chi connectivity index (χ3v) is 3.88. The average molecular weight is 370 g/mol. The van der Waals surface area contributed by atoms with Crippen molar-refractivity contribution in [3.8, 4) is 0 Å². The fraction of sp³-hybridized carbons (Fsp3) is 0.133. The molecule has 1 amide bonds. The van der Waals surface area contributed by atoms with Crippen LogP contribution in [0.1, 0.15) is 10.4 Å². The van der Waals surface area contributed by atoms with Gasteiger partial charge in [0.15, 0.2) is 0 Å². The number of nitrogens with zero attached hydrogens (tertiary/aromatic N) is 1. The summed E-state index contributed by atoms with van der Waals surface area (Å²) in [5.74, 6) is -0.281. The number of carbonyl (C=O) groups excluding carboxylic acids is 1. The Kier molecular flexibility index (Phi) is 5.22. The van der Waals surface area contributed by atoms with Gasteiger partial charge in [0.2, 0.25) is 0 Å². The molecular weight excluding hydrogens is 356 g/mol. The normalized spacial score (nSPS) is 10.4. The molecule has 0 saturated carbocycles. The molecule has 3 N–H and O–H groups in total. The minimum Gasteiger partial charge on any atom is -0.397 e. The summed E-state index contributed by atoms with van der Waals surface area (Å²) >= 11 is 9.30. The van der Waals surface area contributed by atoms with Crippen LogP contribution < -0.4 is 10.6 Å². The van der Waals surface area contributed by atoms with Crippen LogP contribution in [-0.4, -0.2) is 24.2 Å². The van der Waals surface area contributed by atoms with E-state index in [1.807, 2.05) is 0 Å². The van der Waals surface area contributed by atoms with Gasteiger partial charge in [-0.05, 0) is 46.3 Å². The Morgan fingerprint density at radius 2 is 2.00 bits per heavy atom. The van der Waals surface area contributed by atoms with Crippen LogP contribution in [0.2, 0.25) is 5.02 Å². The molecule has 0 aromatic heterocycles. The van der Waals surface area contributed by atoms with E-state index in [-0.39, 0.29) is 19.1 Å². The lowest BCUT2D eigenvalue weighted by Crippen LogP contribution is -2.34. The van der Waals surface area contributed by atoms with Crippen molar-refractivity contribution in [2.45, 2.75) is 0 Å². The SMILES string of the molecule is Nc1ccccc1N(CCO)C(=O)c1cc(Cl)ccc1Br. The maximum Gasteiger partial charge on any atom is 0.259 e. The lowest BCUT2D eigenvalue weighted by atomic mass is 10.1. The van der Waals surface area contributed by atoms with E-state index in [2.05, 4.69) is 15.9 Å². The number of amides is 1. The van der Waals surface area contributed by atoms with Crippen LogP contribution in [0.15, 0.2) is 46.9 Å². The first-order valence-electron chi connectivity index (χ1n) is 6.27. The highest BCUT2D eigenvalue weighted by Gasteiger charge is 2.21. The van der Waals surface area contributed by atoms with Crippen molar-refractivity contribution in [3.05, 3.63) is 57.5 Å². The van der Waals surface area contributed by atoms with E-state index in [0.29, 0.717) is 26.4 Å². The van der Waals surface area contributed by atoms with Gasteiger partial charge in [-0.25, -0.2) is 0 Å². The molecule has 0 heterocycles. The topological polar surface area (TPSA) is 66.6 Å². The molecule has 0 aliphatic carbocycles. The van der Waals surface area contributed by atoms with Crippen molar-refractivity contribution >= 4 is 44.8 Å². The lowest BCUT2D eigenvalue weighted by Gasteiger charge is -2.24. The molecule has 2 rings (SSSR count). The highest BCUT2D eigenvalue weighted by Crippen LogP contribution is 2.28. The van der Waals surface area contributed by atoms with Crippen LogP contribution in [0, 0.1) is 0 Å². The zero-order chi connectivity index (χ0) is 15.4. The molecule has 21 heavy (non-hydrogen) atoms. The third kappa shape index (κ3) is 3.56. The van der Waals surface area contributed by atoms with Gasteiger partial charge in [-0.1, -0.05) is 23.7 Å². The minimum absolute atomic E-state index is 0.145. The molecule has 0 fully saturated rings. The largest absolute Gasteiger partial charge is 0.397 e. The second-order valence-corrected chi connectivity index (χ2v) is 5.65. The first-order chi connectivity index (χ1) is 10.0. The van der Waals surface area contributed by atoms with E-state index in [1.165, 1.54) is 4.90 Å². The van der Waals surface area contributed by atoms with Crippen LogP contribution in [0.4, 0.5) is 11.4 Å². The van der Waals surface area contributed by atoms with Crippen molar-refractivity contribution < 1.29 is 9.90 Å². The van der Waals surface area contributed by atoms with Crippen LogP contribution in [0.5, 0.6) is 0 Å². The Bertz CT molecular complexity index is 664. The first-order valence-corrected chi connectivity index (χ1v) is 7.44. The van der Waals surface area contributed by atoms with Crippen molar-refractivity contribution in [1.82, 2.24) is 0 Å². The van der Waals surface area contributed by atoms with Gasteiger partial charge in [-0.15, -0.1) is 0 Å². The van der Waals surface area contributed by atoms with E-state index in [9.17, 15) is 9.90 Å². The standard InChI is InChI=1S/C15H14BrClN2O2/c16-12-6-5-10(17)9-11(12)15(21)19(7-8-20)14-4-2-1-3-13(14)18/h1-6,9,20H,7-8,18H2. The Morgan fingerprint density at radius 1 is 1.29 bits per heavy atom. The third-order valence-electron chi connectivity index (χ3n) is 2.96. The van der Waals surface area contributed by atoms with Gasteiger partial charge >= 0.3 is 0 Å². The predicted octanol–water partition coefficient (Wildman–Crippen LogP) is 3.32. The number of hydrogen-bond acceptors (Lipinski definition) is 3. The Morgan fingerprint density at radius 3 is 2.67 bits per heavy atom. The summed E-state index contributed by atoms with van der Waals surface area (Å²) in [6.45, 7) is -0.0236. The number of benzene rings is 2. The summed E-state index contributed by atoms with van der Waals surface area (Å²) in [6, 6.07) is 12.0. The van der Waals surface area contributed by atoms with Crippen molar-refractivity contribution in [3.63, 3.8) is 0 Å². The van der Waals surface area contributed by atoms with Crippen LogP contribution in [-0.2, 0) is 0 Å². The monoisotopic (exact) mass is 368 g/mol. The maximum atomic E-state index is 12.7. The fourth-order valence-electron chi connectivity index (χ4n) is 1.97. The van der Waals surface area contributed by atoms with Crippen molar-refractivity contribution in [2.75, 3.05) is 23.8 Å². The summed E-state index contributed by atoms with van der Waals surface area (Å²) in [5.41, 5.74) is 7.37. The molecule has 0 bridgehead atoms. The number of halogens is 2. The molecule has 0 unspecified atom stereocenters. The van der Waals surface area contributed by atoms with Gasteiger partial charge in [-0.3, -0.25) is 4.79 Å². The van der Waals surface area contributed by atoms with Gasteiger partial charge in [0.1, 0.15) is 0 Å². The second kappa shape index (κ2) is 6.93. The highest BCUT2D eigenvalue weighted by molar-refractivity contribution is 9.10. The van der Waals surface area contributed by atoms with E-state index >= 15 is 0 Å². The molecule has 0 aliphatic rings. The molecule has 0 radical (unpaired) electrons. The molecule has 0 spiro atoms. The Balaban J connectivity index is 2.45. The zero-order valence-corrected chi connectivity index (χ0v) is 13.4. The number of carbonyl (C=O) groups is 1. The smallest absolute Gasteiger partial charge is 0.259 e. The Labute approximate surface area is 136 Å². The van der Waals surface area contributed by atoms with Gasteiger partial charge < -0.3 is 15.7 Å². The predicted molar refractivity (Wildman–Crippen MR) is 88.8 cm³/mol. The van der Waals surface area contributed by atoms with E-state index in [4.69, 9.17) is 17.3 Å². The molecule has 110 valence electrons. The molecular formula is C15H14BrClN2O2. The quantitative estimate of drug-likeness (QED) is 0.812. The number of nitrogens with two attached hydrogens (primary N) is 1. The van der Waals surface area contributed by atoms with Gasteiger partial charge in [-0.2, -0.15) is 0 Å². The van der Waals surface area contributed by atoms with Gasteiger partial charge in [0.05, 0.1) is 23.5 Å². The average Bonchev–Trinajstić information content (AvgIpc) is 2.47. The molecule has 4 nitrogen and oxygen atoms in total. The van der Waals surface area contributed by atoms with Crippen LogP contribution >= 0.6 is 27.5 Å². The van der Waals surface area contributed by atoms with Crippen LogP contribution in [0.25, 0.3) is 0 Å². The van der Waals surface area contributed by atoms with Crippen LogP contribution in [0.3, 0.4) is 0 Å². The number of anilines is 2.